The molecule has 0 spiro atoms. The highest BCUT2D eigenvalue weighted by Crippen LogP contribution is 2.51. The summed E-state index contributed by atoms with van der Waals surface area (Å²) in [6.07, 6.45) is 5.21. The molecule has 0 amide bonds. The Morgan fingerprint density at radius 1 is 0.510 bits per heavy atom. The van der Waals surface area contributed by atoms with Gasteiger partial charge in [0.15, 0.2) is 0 Å². The molecule has 266 valence electrons. The monoisotopic (exact) mass is 690 g/mol. The fourth-order valence-corrected chi connectivity index (χ4v) is 10.8. The van der Waals surface area contributed by atoms with Crippen LogP contribution in [0.5, 0.6) is 0 Å². The topological polar surface area (TPSA) is 0 Å². The van der Waals surface area contributed by atoms with Gasteiger partial charge in [-0.15, -0.1) is 0 Å². The molecule has 2 atom stereocenters. The summed E-state index contributed by atoms with van der Waals surface area (Å²) in [4.78, 5) is 0. The highest BCUT2D eigenvalue weighted by Gasteiger charge is 2.35. The van der Waals surface area contributed by atoms with Crippen molar-refractivity contribution in [1.29, 1.82) is 0 Å². The van der Waals surface area contributed by atoms with Gasteiger partial charge >= 0.3 is 0 Å². The summed E-state index contributed by atoms with van der Waals surface area (Å²) >= 11 is 0. The standard InChI is InChI=1S/C50H62Si/c1-29(2)39-25-41-37(15-17-45(49(9,10)11)47(41)35-21-31(5)19-32(6)22-35)43(39)27-51-28-44-38-16-18-46(50(12,13)14)48(42(38)26-40(44)30(3)4)36-23-33(7)20-34(8)24-36/h15-26,29-30,43-44H,27-28H2,1-14H3. The lowest BCUT2D eigenvalue weighted by Gasteiger charge is -2.27. The Hall–Kier alpha value is -3.42. The molecule has 4 aromatic rings. The molecule has 2 aliphatic carbocycles. The van der Waals surface area contributed by atoms with Gasteiger partial charge in [0.25, 0.3) is 0 Å². The Kier molecular flexibility index (Phi) is 10.1. The molecule has 0 saturated heterocycles. The summed E-state index contributed by atoms with van der Waals surface area (Å²) in [6, 6.07) is 26.6. The third-order valence-corrected chi connectivity index (χ3v) is 12.8. The molecule has 0 saturated carbocycles. The van der Waals surface area contributed by atoms with Crippen LogP contribution in [-0.2, 0) is 10.8 Å². The number of hydrogen-bond acceptors (Lipinski definition) is 0. The largest absolute Gasteiger partial charge is 0.0598 e. The van der Waals surface area contributed by atoms with E-state index in [1.54, 1.807) is 22.3 Å². The Balaban J connectivity index is 1.38. The fraction of sp³-hybridized carbons (Fsp3) is 0.440. The van der Waals surface area contributed by atoms with Crippen molar-refractivity contribution in [3.05, 3.63) is 127 Å². The van der Waals surface area contributed by atoms with Crippen LogP contribution in [0, 0.1) is 39.5 Å². The van der Waals surface area contributed by atoms with Gasteiger partial charge in [-0.1, -0.05) is 188 Å². The summed E-state index contributed by atoms with van der Waals surface area (Å²) in [7, 11) is 0.891. The average Bonchev–Trinajstić information content (AvgIpc) is 3.57. The fourth-order valence-electron chi connectivity index (χ4n) is 9.16. The van der Waals surface area contributed by atoms with Crippen LogP contribution in [0.1, 0.15) is 137 Å². The highest BCUT2D eigenvalue weighted by molar-refractivity contribution is 6.36. The maximum atomic E-state index is 2.60. The molecular formula is C50H62Si. The van der Waals surface area contributed by atoms with Gasteiger partial charge in [-0.05, 0) is 106 Å². The van der Waals surface area contributed by atoms with E-state index in [0.717, 1.165) is 9.52 Å². The zero-order chi connectivity index (χ0) is 37.2. The van der Waals surface area contributed by atoms with Crippen LogP contribution in [0.3, 0.4) is 0 Å². The molecule has 0 N–H and O–H groups in total. The Morgan fingerprint density at radius 3 is 1.14 bits per heavy atom. The second-order valence-corrected chi connectivity index (χ2v) is 19.9. The molecule has 0 heterocycles. The van der Waals surface area contributed by atoms with Crippen LogP contribution in [0.4, 0.5) is 0 Å². The van der Waals surface area contributed by atoms with Crippen molar-refractivity contribution in [2.45, 2.75) is 132 Å². The van der Waals surface area contributed by atoms with Crippen LogP contribution in [0.2, 0.25) is 12.1 Å². The molecular weight excluding hydrogens is 629 g/mol. The molecule has 2 aliphatic rings. The first-order valence-electron chi connectivity index (χ1n) is 19.5. The lowest BCUT2D eigenvalue weighted by molar-refractivity contribution is 0.591. The number of rotatable bonds is 8. The Morgan fingerprint density at radius 2 is 0.843 bits per heavy atom. The summed E-state index contributed by atoms with van der Waals surface area (Å²) < 4.78 is 0. The van der Waals surface area contributed by atoms with Gasteiger partial charge in [0.05, 0.1) is 0 Å². The van der Waals surface area contributed by atoms with E-state index in [1.165, 1.54) is 78.8 Å². The van der Waals surface area contributed by atoms with Crippen LogP contribution in [-0.4, -0.2) is 9.52 Å². The minimum atomic E-state index is 0.0615. The lowest BCUT2D eigenvalue weighted by atomic mass is 9.78. The van der Waals surface area contributed by atoms with Gasteiger partial charge in [0.1, 0.15) is 0 Å². The molecule has 0 nitrogen and oxygen atoms in total. The van der Waals surface area contributed by atoms with E-state index in [4.69, 9.17) is 0 Å². The van der Waals surface area contributed by atoms with Crippen molar-refractivity contribution in [3.63, 3.8) is 0 Å². The molecule has 0 aliphatic heterocycles. The van der Waals surface area contributed by atoms with Crippen molar-refractivity contribution in [2.24, 2.45) is 11.8 Å². The maximum Gasteiger partial charge on any atom is 0.0397 e. The van der Waals surface area contributed by atoms with E-state index >= 15 is 0 Å². The second kappa shape index (κ2) is 13.9. The van der Waals surface area contributed by atoms with Crippen LogP contribution < -0.4 is 0 Å². The molecule has 4 aromatic carbocycles. The van der Waals surface area contributed by atoms with Crippen molar-refractivity contribution in [3.8, 4) is 22.3 Å². The smallest absolute Gasteiger partial charge is 0.0397 e. The van der Waals surface area contributed by atoms with Gasteiger partial charge in [-0.25, -0.2) is 0 Å². The first kappa shape index (κ1) is 37.3. The van der Waals surface area contributed by atoms with E-state index in [9.17, 15) is 0 Å². The second-order valence-electron chi connectivity index (χ2n) is 18.6. The van der Waals surface area contributed by atoms with E-state index in [2.05, 4.69) is 170 Å². The zero-order valence-corrected chi connectivity index (χ0v) is 35.2. The molecule has 0 bridgehead atoms. The third-order valence-electron chi connectivity index (χ3n) is 11.4. The first-order chi connectivity index (χ1) is 23.8. The minimum absolute atomic E-state index is 0.0615. The van der Waals surface area contributed by atoms with Gasteiger partial charge in [0.2, 0.25) is 0 Å². The highest BCUT2D eigenvalue weighted by atomic mass is 28.2. The number of benzene rings is 4. The first-order valence-corrected chi connectivity index (χ1v) is 20.9. The maximum absolute atomic E-state index is 2.60. The lowest BCUT2D eigenvalue weighted by Crippen LogP contribution is -2.15. The molecule has 6 rings (SSSR count). The van der Waals surface area contributed by atoms with Crippen molar-refractivity contribution >= 4 is 21.7 Å². The van der Waals surface area contributed by atoms with Crippen molar-refractivity contribution in [2.75, 3.05) is 0 Å². The van der Waals surface area contributed by atoms with Gasteiger partial charge in [0, 0.05) is 21.4 Å². The SMILES string of the molecule is Cc1cc(C)cc(-c2c(C(C)(C)C)ccc3c2C=C(C(C)C)C3C[Si]CC2C(C(C)C)=Cc3c2ccc(C(C)(C)C)c3-c2cc(C)cc(C)c2)c1. The third kappa shape index (κ3) is 7.30. The quantitative estimate of drug-likeness (QED) is 0.161. The van der Waals surface area contributed by atoms with Crippen LogP contribution >= 0.6 is 0 Å². The molecule has 2 radical (unpaired) electrons. The molecule has 1 heteroatoms. The van der Waals surface area contributed by atoms with Gasteiger partial charge in [-0.2, -0.15) is 0 Å². The Bertz CT molecular complexity index is 1840. The van der Waals surface area contributed by atoms with Crippen molar-refractivity contribution in [1.82, 2.24) is 0 Å². The van der Waals surface area contributed by atoms with Crippen LogP contribution in [0.25, 0.3) is 34.4 Å². The predicted molar refractivity (Wildman–Crippen MR) is 227 cm³/mol. The molecule has 0 fully saturated rings. The molecule has 2 unspecified atom stereocenters. The average molecular weight is 691 g/mol. The summed E-state index contributed by atoms with van der Waals surface area (Å²) in [5.74, 6) is 2.01. The van der Waals surface area contributed by atoms with Crippen LogP contribution in [0.15, 0.2) is 71.8 Å². The Labute approximate surface area is 313 Å². The summed E-state index contributed by atoms with van der Waals surface area (Å²) in [5.41, 5.74) is 23.4. The van der Waals surface area contributed by atoms with Gasteiger partial charge < -0.3 is 0 Å². The van der Waals surface area contributed by atoms with Gasteiger partial charge in [-0.3, -0.25) is 0 Å². The summed E-state index contributed by atoms with van der Waals surface area (Å²) in [5, 5.41) is 0. The normalized spacial score (nSPS) is 17.3. The summed E-state index contributed by atoms with van der Waals surface area (Å²) in [6.45, 7) is 32.8. The molecule has 0 aromatic heterocycles. The number of allylic oxidation sites excluding steroid dienone is 2. The number of aryl methyl sites for hydroxylation is 4. The van der Waals surface area contributed by atoms with E-state index in [1.807, 2.05) is 0 Å². The van der Waals surface area contributed by atoms with E-state index in [0.29, 0.717) is 23.7 Å². The predicted octanol–water partition coefficient (Wildman–Crippen LogP) is 14.4. The van der Waals surface area contributed by atoms with E-state index in [-0.39, 0.29) is 10.8 Å². The van der Waals surface area contributed by atoms with Crippen molar-refractivity contribution < 1.29 is 0 Å². The minimum Gasteiger partial charge on any atom is -0.0598 e. The zero-order valence-electron chi connectivity index (χ0n) is 34.2. The molecule has 51 heavy (non-hydrogen) atoms. The van der Waals surface area contributed by atoms with E-state index < -0.39 is 0 Å². The number of fused-ring (bicyclic) bond motifs is 2. The number of hydrogen-bond donors (Lipinski definition) is 0.